The van der Waals surface area contributed by atoms with E-state index in [1.165, 1.54) is 0 Å². The van der Waals surface area contributed by atoms with E-state index in [-0.39, 0.29) is 11.2 Å². The summed E-state index contributed by atoms with van der Waals surface area (Å²) in [5, 5.41) is 1.08. The van der Waals surface area contributed by atoms with Crippen LogP contribution >= 0.6 is 11.8 Å². The van der Waals surface area contributed by atoms with Crippen molar-refractivity contribution in [2.45, 2.75) is 44.8 Å². The molecule has 4 heteroatoms. The van der Waals surface area contributed by atoms with Crippen LogP contribution < -0.4 is 0 Å². The molecule has 0 N–H and O–H groups in total. The lowest BCUT2D eigenvalue weighted by molar-refractivity contribution is -0.142. The molecule has 0 aromatic rings. The molecule has 0 fully saturated rings. The first-order valence-electron chi connectivity index (χ1n) is 5.64. The van der Waals surface area contributed by atoms with Crippen molar-refractivity contribution in [1.29, 1.82) is 0 Å². The van der Waals surface area contributed by atoms with E-state index in [2.05, 4.69) is 11.9 Å². The number of ether oxygens (including phenoxy) is 1. The lowest BCUT2D eigenvalue weighted by Gasteiger charge is -2.13. The second-order valence-electron chi connectivity index (χ2n) is 3.53. The number of hydrogen-bond donors (Lipinski definition) is 0. The van der Waals surface area contributed by atoms with Crippen LogP contribution in [0.1, 0.15) is 39.5 Å². The minimum Gasteiger partial charge on any atom is -0.465 e. The fraction of sp³-hybridized carbons (Fsp3) is 0.818. The minimum atomic E-state index is -0.0843. The predicted octanol–water partition coefficient (Wildman–Crippen LogP) is 2.64. The Labute approximate surface area is 95.7 Å². The van der Waals surface area contributed by atoms with E-state index in [0.29, 0.717) is 6.61 Å². The standard InChI is InChI=1S/C11H19NO2S/c1-3-6-9(11(13)14-4-2)15-10-7-5-8-12-10/h9H,3-8H2,1-2H3. The van der Waals surface area contributed by atoms with Gasteiger partial charge in [-0.1, -0.05) is 25.1 Å². The Hall–Kier alpha value is -0.510. The highest BCUT2D eigenvalue weighted by atomic mass is 32.2. The van der Waals surface area contributed by atoms with Crippen molar-refractivity contribution in [3.05, 3.63) is 0 Å². The van der Waals surface area contributed by atoms with Crippen LogP contribution in [0.5, 0.6) is 0 Å². The molecule has 0 aromatic heterocycles. The first-order valence-corrected chi connectivity index (χ1v) is 6.52. The van der Waals surface area contributed by atoms with E-state index in [4.69, 9.17) is 4.74 Å². The molecule has 0 saturated carbocycles. The van der Waals surface area contributed by atoms with Crippen LogP contribution in [-0.2, 0) is 9.53 Å². The zero-order valence-corrected chi connectivity index (χ0v) is 10.3. The fourth-order valence-electron chi connectivity index (χ4n) is 1.50. The van der Waals surface area contributed by atoms with Crippen LogP contribution in [0, 0.1) is 0 Å². The van der Waals surface area contributed by atoms with Gasteiger partial charge in [-0.15, -0.1) is 0 Å². The molecule has 15 heavy (non-hydrogen) atoms. The van der Waals surface area contributed by atoms with Gasteiger partial charge >= 0.3 is 5.97 Å². The maximum Gasteiger partial charge on any atom is 0.319 e. The highest BCUT2D eigenvalue weighted by Crippen LogP contribution is 2.24. The summed E-state index contributed by atoms with van der Waals surface area (Å²) in [4.78, 5) is 16.0. The number of carbonyl (C=O) groups excluding carboxylic acids is 1. The third kappa shape index (κ3) is 4.24. The maximum atomic E-state index is 11.6. The highest BCUT2D eigenvalue weighted by Gasteiger charge is 2.22. The van der Waals surface area contributed by atoms with Crippen LogP contribution in [0.2, 0.25) is 0 Å². The summed E-state index contributed by atoms with van der Waals surface area (Å²) < 4.78 is 5.05. The average Bonchev–Trinajstić information content (AvgIpc) is 2.70. The van der Waals surface area contributed by atoms with E-state index in [1.54, 1.807) is 11.8 Å². The van der Waals surface area contributed by atoms with Gasteiger partial charge in [0.2, 0.25) is 0 Å². The van der Waals surface area contributed by atoms with Gasteiger partial charge < -0.3 is 4.74 Å². The van der Waals surface area contributed by atoms with E-state index < -0.39 is 0 Å². The Morgan fingerprint density at radius 1 is 1.60 bits per heavy atom. The Kier molecular flexibility index (Phi) is 5.76. The number of carbonyl (C=O) groups is 1. The third-order valence-electron chi connectivity index (χ3n) is 2.22. The number of thioether (sulfide) groups is 1. The molecule has 0 aliphatic carbocycles. The van der Waals surface area contributed by atoms with Gasteiger partial charge in [0.15, 0.2) is 0 Å². The summed E-state index contributed by atoms with van der Waals surface area (Å²) in [6.45, 7) is 5.32. The summed E-state index contributed by atoms with van der Waals surface area (Å²) in [5.41, 5.74) is 0. The second-order valence-corrected chi connectivity index (χ2v) is 4.80. The van der Waals surface area contributed by atoms with E-state index in [9.17, 15) is 4.79 Å². The van der Waals surface area contributed by atoms with Crippen LogP contribution in [-0.4, -0.2) is 29.4 Å². The number of nitrogens with zero attached hydrogens (tertiary/aromatic N) is 1. The predicted molar refractivity (Wildman–Crippen MR) is 64.5 cm³/mol. The molecule has 1 aliphatic heterocycles. The topological polar surface area (TPSA) is 38.7 Å². The SMILES string of the molecule is CCCC(SC1=NCCC1)C(=O)OCC. The highest BCUT2D eigenvalue weighted by molar-refractivity contribution is 8.15. The molecule has 1 aliphatic rings. The molecule has 1 heterocycles. The van der Waals surface area contributed by atoms with Crippen molar-refractivity contribution < 1.29 is 9.53 Å². The monoisotopic (exact) mass is 229 g/mol. The molecule has 0 aromatic carbocycles. The van der Waals surface area contributed by atoms with Gasteiger partial charge in [-0.25, -0.2) is 0 Å². The molecule has 3 nitrogen and oxygen atoms in total. The number of rotatable bonds is 5. The molecule has 86 valence electrons. The van der Waals surface area contributed by atoms with Gasteiger partial charge in [-0.05, 0) is 26.2 Å². The minimum absolute atomic E-state index is 0.0493. The largest absolute Gasteiger partial charge is 0.465 e. The van der Waals surface area contributed by atoms with Crippen molar-refractivity contribution in [2.24, 2.45) is 4.99 Å². The van der Waals surface area contributed by atoms with Gasteiger partial charge in [0.25, 0.3) is 0 Å². The van der Waals surface area contributed by atoms with Crippen molar-refractivity contribution in [3.8, 4) is 0 Å². The smallest absolute Gasteiger partial charge is 0.319 e. The molecule has 0 bridgehead atoms. The van der Waals surface area contributed by atoms with E-state index in [1.807, 2.05) is 6.92 Å². The molecule has 0 saturated heterocycles. The maximum absolute atomic E-state index is 11.6. The Bertz CT molecular complexity index is 241. The molecule has 1 unspecified atom stereocenters. The van der Waals surface area contributed by atoms with Gasteiger partial charge in [0, 0.05) is 6.54 Å². The zero-order chi connectivity index (χ0) is 11.1. The molecular weight excluding hydrogens is 210 g/mol. The van der Waals surface area contributed by atoms with Crippen molar-refractivity contribution in [2.75, 3.05) is 13.2 Å². The quantitative estimate of drug-likeness (QED) is 0.680. The van der Waals surface area contributed by atoms with Gasteiger partial charge in [-0.3, -0.25) is 9.79 Å². The van der Waals surface area contributed by atoms with E-state index in [0.717, 1.165) is 37.3 Å². The second kappa shape index (κ2) is 6.88. The Morgan fingerprint density at radius 2 is 2.40 bits per heavy atom. The summed E-state index contributed by atoms with van der Waals surface area (Å²) in [7, 11) is 0. The molecule has 0 amide bonds. The number of esters is 1. The first kappa shape index (κ1) is 12.6. The van der Waals surface area contributed by atoms with Gasteiger partial charge in [-0.2, -0.15) is 0 Å². The summed E-state index contributed by atoms with van der Waals surface area (Å²) >= 11 is 1.60. The molecular formula is C11H19NO2S. The van der Waals surface area contributed by atoms with Gasteiger partial charge in [0.05, 0.1) is 11.7 Å². The third-order valence-corrected chi connectivity index (χ3v) is 3.53. The molecule has 0 spiro atoms. The number of aliphatic imine (C=N–C) groups is 1. The first-order chi connectivity index (χ1) is 7.27. The van der Waals surface area contributed by atoms with E-state index >= 15 is 0 Å². The lowest BCUT2D eigenvalue weighted by Crippen LogP contribution is -2.21. The average molecular weight is 229 g/mol. The summed E-state index contributed by atoms with van der Waals surface area (Å²) in [6, 6.07) is 0. The van der Waals surface area contributed by atoms with Crippen LogP contribution in [0.4, 0.5) is 0 Å². The van der Waals surface area contributed by atoms with Crippen LogP contribution in [0.15, 0.2) is 4.99 Å². The lowest BCUT2D eigenvalue weighted by atomic mass is 10.2. The normalized spacial score (nSPS) is 17.3. The number of hydrogen-bond acceptors (Lipinski definition) is 4. The molecule has 1 rings (SSSR count). The fourth-order valence-corrected chi connectivity index (χ4v) is 2.77. The van der Waals surface area contributed by atoms with Gasteiger partial charge in [0.1, 0.15) is 5.25 Å². The van der Waals surface area contributed by atoms with Crippen LogP contribution in [0.3, 0.4) is 0 Å². The van der Waals surface area contributed by atoms with Crippen molar-refractivity contribution in [1.82, 2.24) is 0 Å². The van der Waals surface area contributed by atoms with Crippen LogP contribution in [0.25, 0.3) is 0 Å². The van der Waals surface area contributed by atoms with Crippen molar-refractivity contribution in [3.63, 3.8) is 0 Å². The zero-order valence-electron chi connectivity index (χ0n) is 9.49. The summed E-state index contributed by atoms with van der Waals surface area (Å²) in [6.07, 6.45) is 4.04. The summed E-state index contributed by atoms with van der Waals surface area (Å²) in [5.74, 6) is -0.0843. The Balaban J connectivity index is 2.45. The van der Waals surface area contributed by atoms with Crippen molar-refractivity contribution >= 4 is 22.8 Å². The molecule has 1 atom stereocenters. The molecule has 0 radical (unpaired) electrons. The Morgan fingerprint density at radius 3 is 2.93 bits per heavy atom.